The van der Waals surface area contributed by atoms with Crippen LogP contribution in [0.3, 0.4) is 0 Å². The van der Waals surface area contributed by atoms with E-state index >= 15 is 0 Å². The molecule has 20 heavy (non-hydrogen) atoms. The molecule has 1 unspecified atom stereocenters. The van der Waals surface area contributed by atoms with Crippen molar-refractivity contribution in [1.82, 2.24) is 14.9 Å². The fourth-order valence-corrected chi connectivity index (χ4v) is 3.15. The number of aryl methyl sites for hydroxylation is 1. The quantitative estimate of drug-likeness (QED) is 0.612. The number of aliphatic hydroxyl groups is 3. The van der Waals surface area contributed by atoms with Crippen LogP contribution in [-0.4, -0.2) is 49.7 Å². The maximum absolute atomic E-state index is 9.92. The van der Waals surface area contributed by atoms with Crippen LogP contribution in [0.25, 0.3) is 0 Å². The smallest absolute Gasteiger partial charge is 0.140 e. The van der Waals surface area contributed by atoms with Crippen molar-refractivity contribution >= 4 is 0 Å². The number of nitrogens with zero attached hydrogens (tertiary/aromatic N) is 2. The minimum Gasteiger partial charge on any atom is -0.388 e. The van der Waals surface area contributed by atoms with Crippen LogP contribution >= 0.6 is 0 Å². The van der Waals surface area contributed by atoms with Crippen LogP contribution in [-0.2, 0) is 13.0 Å². The van der Waals surface area contributed by atoms with Crippen LogP contribution in [0.15, 0.2) is 6.20 Å². The second-order valence-electron chi connectivity index (χ2n) is 5.93. The Bertz CT molecular complexity index is 457. The summed E-state index contributed by atoms with van der Waals surface area (Å²) in [6.45, 7) is 1.39. The summed E-state index contributed by atoms with van der Waals surface area (Å²) in [6, 6.07) is 0.559. The minimum atomic E-state index is -1.14. The van der Waals surface area contributed by atoms with E-state index in [1.807, 2.05) is 6.20 Å². The number of aliphatic hydroxyl groups excluding tert-OH is 3. The number of hydrogen-bond donors (Lipinski definition) is 4. The molecule has 1 aromatic rings. The maximum atomic E-state index is 9.92. The Morgan fingerprint density at radius 1 is 1.30 bits per heavy atom. The van der Waals surface area contributed by atoms with Crippen molar-refractivity contribution < 1.29 is 15.3 Å². The average molecular weight is 281 g/mol. The van der Waals surface area contributed by atoms with Gasteiger partial charge in [-0.15, -0.1) is 0 Å². The molecule has 0 spiro atoms. The molecular weight excluding hydrogens is 258 g/mol. The number of imidazole rings is 1. The van der Waals surface area contributed by atoms with Crippen molar-refractivity contribution in [3.8, 4) is 0 Å². The van der Waals surface area contributed by atoms with E-state index in [1.54, 1.807) is 4.57 Å². The Hall–Kier alpha value is -0.950. The summed E-state index contributed by atoms with van der Waals surface area (Å²) in [7, 11) is 0. The molecule has 6 heteroatoms. The van der Waals surface area contributed by atoms with Crippen LogP contribution in [0.2, 0.25) is 0 Å². The van der Waals surface area contributed by atoms with E-state index in [2.05, 4.69) is 10.3 Å². The summed E-state index contributed by atoms with van der Waals surface area (Å²) in [6.07, 6.45) is 4.38. The lowest BCUT2D eigenvalue weighted by Crippen LogP contribution is -2.41. The molecule has 1 saturated heterocycles. The highest BCUT2D eigenvalue weighted by Gasteiger charge is 2.35. The van der Waals surface area contributed by atoms with Crippen molar-refractivity contribution in [1.29, 1.82) is 0 Å². The zero-order valence-corrected chi connectivity index (χ0v) is 11.6. The van der Waals surface area contributed by atoms with Crippen molar-refractivity contribution in [2.75, 3.05) is 6.54 Å². The van der Waals surface area contributed by atoms with Crippen molar-refractivity contribution in [2.24, 2.45) is 0 Å². The highest BCUT2D eigenvalue weighted by molar-refractivity contribution is 5.11. The van der Waals surface area contributed by atoms with Crippen LogP contribution < -0.4 is 5.32 Å². The Balaban J connectivity index is 1.64. The minimum absolute atomic E-state index is 0.294. The maximum Gasteiger partial charge on any atom is 0.140 e. The standard InChI is InChI=1S/C14H23N3O3/c18-11-8-17-7-10(16-14(17)13(20)12(11)19)5-4-9-3-1-2-6-15-9/h7,9,11-13,15,18-20H,1-6,8H2/t9?,11-,12-,13+/m0/s1. The molecular formula is C14H23N3O3. The van der Waals surface area contributed by atoms with Crippen LogP contribution in [0.4, 0.5) is 0 Å². The highest BCUT2D eigenvalue weighted by Crippen LogP contribution is 2.25. The molecule has 0 saturated carbocycles. The SMILES string of the molecule is O[C@H]1[C@@H](O)Cn2cc(CCC3CCCCN3)nc2[C@@H]1O. The topological polar surface area (TPSA) is 90.5 Å². The lowest BCUT2D eigenvalue weighted by Gasteiger charge is -2.28. The molecule has 6 nitrogen and oxygen atoms in total. The van der Waals surface area contributed by atoms with Gasteiger partial charge in [-0.1, -0.05) is 6.42 Å². The fourth-order valence-electron chi connectivity index (χ4n) is 3.15. The Labute approximate surface area is 118 Å². The van der Waals surface area contributed by atoms with Crippen LogP contribution in [0.5, 0.6) is 0 Å². The van der Waals surface area contributed by atoms with Gasteiger partial charge in [-0.05, 0) is 32.2 Å². The molecule has 3 heterocycles. The van der Waals surface area contributed by atoms with Gasteiger partial charge in [-0.25, -0.2) is 4.98 Å². The molecule has 0 aliphatic carbocycles. The second kappa shape index (κ2) is 5.81. The Kier molecular flexibility index (Phi) is 4.07. The number of nitrogens with one attached hydrogen (secondary N) is 1. The van der Waals surface area contributed by atoms with Crippen LogP contribution in [0.1, 0.15) is 43.3 Å². The van der Waals surface area contributed by atoms with Crippen molar-refractivity contribution in [3.63, 3.8) is 0 Å². The first-order valence-corrected chi connectivity index (χ1v) is 7.48. The molecule has 2 aliphatic rings. The average Bonchev–Trinajstić information content (AvgIpc) is 2.87. The van der Waals surface area contributed by atoms with E-state index in [9.17, 15) is 15.3 Å². The van der Waals surface area contributed by atoms with Crippen molar-refractivity contribution in [3.05, 3.63) is 17.7 Å². The van der Waals surface area contributed by atoms with Gasteiger partial charge >= 0.3 is 0 Å². The summed E-state index contributed by atoms with van der Waals surface area (Å²) in [4.78, 5) is 4.42. The Morgan fingerprint density at radius 2 is 2.15 bits per heavy atom. The van der Waals surface area contributed by atoms with E-state index in [0.717, 1.165) is 25.1 Å². The summed E-state index contributed by atoms with van der Waals surface area (Å²) in [5.41, 5.74) is 0.924. The molecule has 0 radical (unpaired) electrons. The predicted molar refractivity (Wildman–Crippen MR) is 73.2 cm³/mol. The summed E-state index contributed by atoms with van der Waals surface area (Å²) in [5.74, 6) is 0.467. The molecule has 112 valence electrons. The monoisotopic (exact) mass is 281 g/mol. The highest BCUT2D eigenvalue weighted by atomic mass is 16.4. The summed E-state index contributed by atoms with van der Waals surface area (Å²) < 4.78 is 1.76. The van der Waals surface area contributed by atoms with Gasteiger partial charge in [0.25, 0.3) is 0 Å². The van der Waals surface area contributed by atoms with Crippen molar-refractivity contribution in [2.45, 2.75) is 63.0 Å². The van der Waals surface area contributed by atoms with E-state index < -0.39 is 18.3 Å². The third-order valence-electron chi connectivity index (χ3n) is 4.38. The molecule has 0 aromatic carbocycles. The number of aromatic nitrogens is 2. The van der Waals surface area contributed by atoms with E-state index in [4.69, 9.17) is 0 Å². The van der Waals surface area contributed by atoms with Gasteiger partial charge in [-0.2, -0.15) is 0 Å². The molecule has 0 amide bonds. The molecule has 4 N–H and O–H groups in total. The van der Waals surface area contributed by atoms with Gasteiger partial charge in [0, 0.05) is 12.2 Å². The van der Waals surface area contributed by atoms with Gasteiger partial charge in [-0.3, -0.25) is 0 Å². The first-order chi connectivity index (χ1) is 9.65. The molecule has 1 aromatic heterocycles. The van der Waals surface area contributed by atoms with Gasteiger partial charge in [0.05, 0.1) is 12.2 Å². The van der Waals surface area contributed by atoms with Gasteiger partial charge in [0.2, 0.25) is 0 Å². The summed E-state index contributed by atoms with van der Waals surface area (Å²) >= 11 is 0. The normalized spacial score (nSPS) is 34.0. The molecule has 0 bridgehead atoms. The predicted octanol–water partition coefficient (Wildman–Crippen LogP) is -0.273. The molecule has 4 atom stereocenters. The van der Waals surface area contributed by atoms with E-state index in [-0.39, 0.29) is 0 Å². The van der Waals surface area contributed by atoms with E-state index in [1.165, 1.54) is 19.3 Å². The lowest BCUT2D eigenvalue weighted by molar-refractivity contribution is -0.0854. The Morgan fingerprint density at radius 3 is 2.90 bits per heavy atom. The zero-order chi connectivity index (χ0) is 14.1. The number of hydrogen-bond acceptors (Lipinski definition) is 5. The van der Waals surface area contributed by atoms with Gasteiger partial charge in [0.15, 0.2) is 0 Å². The first kappa shape index (κ1) is 14.0. The third-order valence-corrected chi connectivity index (χ3v) is 4.38. The number of piperidine rings is 1. The fraction of sp³-hybridized carbons (Fsp3) is 0.786. The second-order valence-corrected chi connectivity index (χ2v) is 5.93. The first-order valence-electron chi connectivity index (χ1n) is 7.48. The number of fused-ring (bicyclic) bond motifs is 1. The van der Waals surface area contributed by atoms with Gasteiger partial charge < -0.3 is 25.2 Å². The zero-order valence-electron chi connectivity index (χ0n) is 11.6. The molecule has 1 fully saturated rings. The summed E-state index contributed by atoms with van der Waals surface area (Å²) in [5, 5.41) is 32.8. The number of rotatable bonds is 3. The largest absolute Gasteiger partial charge is 0.388 e. The third kappa shape index (κ3) is 2.74. The molecule has 3 rings (SSSR count). The van der Waals surface area contributed by atoms with Gasteiger partial charge in [0.1, 0.15) is 24.1 Å². The van der Waals surface area contributed by atoms with Crippen LogP contribution in [0, 0.1) is 0 Å². The van der Waals surface area contributed by atoms with E-state index in [0.29, 0.717) is 18.4 Å². The molecule has 2 aliphatic heterocycles. The lowest BCUT2D eigenvalue weighted by atomic mass is 10.00.